The molecule has 1 atom stereocenters. The van der Waals surface area contributed by atoms with E-state index in [0.717, 1.165) is 41.6 Å². The fraction of sp³-hybridized carbons (Fsp3) is 0.407. The number of hydrogen-bond donors (Lipinski definition) is 1. The number of amides is 1. The van der Waals surface area contributed by atoms with Gasteiger partial charge in [-0.15, -0.1) is 0 Å². The summed E-state index contributed by atoms with van der Waals surface area (Å²) in [6.07, 6.45) is 2.51. The highest BCUT2D eigenvalue weighted by Crippen LogP contribution is 2.22. The van der Waals surface area contributed by atoms with E-state index in [0.29, 0.717) is 12.4 Å². The first-order valence-corrected chi connectivity index (χ1v) is 11.7. The standard InChI is InChI=1S/C27H33N3O4/c1-19(2)21(27(32)33-3)13-9-15-24-22-12-7-8-14-23(22)29-25(30-24)18-28-26(31)16-17-34-20-10-5-4-6-11-20/h4-8,10-12,14,19,21H,9,13,15-18H2,1-3H3,(H,28,31)/t21-/m0/s1. The van der Waals surface area contributed by atoms with Crippen LogP contribution in [0.2, 0.25) is 0 Å². The molecule has 1 heterocycles. The molecule has 0 spiro atoms. The Bertz CT molecular complexity index is 1090. The second-order valence-corrected chi connectivity index (χ2v) is 8.56. The molecule has 0 fully saturated rings. The van der Waals surface area contributed by atoms with Gasteiger partial charge in [-0.05, 0) is 43.4 Å². The first-order valence-electron chi connectivity index (χ1n) is 11.7. The lowest BCUT2D eigenvalue weighted by molar-refractivity contribution is -0.147. The number of ether oxygens (including phenoxy) is 2. The van der Waals surface area contributed by atoms with Crippen LogP contribution in [0.3, 0.4) is 0 Å². The average molecular weight is 464 g/mol. The molecule has 0 radical (unpaired) electrons. The molecule has 0 aliphatic rings. The first-order chi connectivity index (χ1) is 16.5. The van der Waals surface area contributed by atoms with Crippen molar-refractivity contribution in [1.29, 1.82) is 0 Å². The molecule has 3 rings (SSSR count). The Kier molecular flexibility index (Phi) is 9.38. The van der Waals surface area contributed by atoms with Crippen molar-refractivity contribution in [2.24, 2.45) is 11.8 Å². The number of nitrogens with one attached hydrogen (secondary N) is 1. The molecule has 2 aromatic carbocycles. The molecule has 1 N–H and O–H groups in total. The van der Waals surface area contributed by atoms with E-state index >= 15 is 0 Å². The molecule has 0 aliphatic heterocycles. The largest absolute Gasteiger partial charge is 0.493 e. The Morgan fingerprint density at radius 2 is 1.74 bits per heavy atom. The minimum atomic E-state index is -0.165. The molecular weight excluding hydrogens is 430 g/mol. The minimum absolute atomic E-state index is 0.118. The van der Waals surface area contributed by atoms with E-state index in [1.807, 2.05) is 68.4 Å². The Morgan fingerprint density at radius 1 is 1.00 bits per heavy atom. The van der Waals surface area contributed by atoms with Gasteiger partial charge in [0.25, 0.3) is 0 Å². The second kappa shape index (κ2) is 12.7. The number of esters is 1. The Balaban J connectivity index is 1.59. The molecule has 180 valence electrons. The molecule has 0 saturated carbocycles. The van der Waals surface area contributed by atoms with Gasteiger partial charge in [-0.25, -0.2) is 9.97 Å². The number of para-hydroxylation sites is 2. The van der Waals surface area contributed by atoms with Crippen molar-refractivity contribution < 1.29 is 19.1 Å². The molecule has 7 nitrogen and oxygen atoms in total. The van der Waals surface area contributed by atoms with Gasteiger partial charge >= 0.3 is 5.97 Å². The lowest BCUT2D eigenvalue weighted by Crippen LogP contribution is -2.25. The number of aromatic nitrogens is 2. The molecule has 0 unspecified atom stereocenters. The summed E-state index contributed by atoms with van der Waals surface area (Å²) in [5.41, 5.74) is 1.77. The summed E-state index contributed by atoms with van der Waals surface area (Å²) >= 11 is 0. The van der Waals surface area contributed by atoms with Crippen molar-refractivity contribution in [3.05, 3.63) is 66.1 Å². The monoisotopic (exact) mass is 463 g/mol. The zero-order chi connectivity index (χ0) is 24.3. The molecular formula is C27H33N3O4. The maximum absolute atomic E-state index is 12.3. The lowest BCUT2D eigenvalue weighted by atomic mass is 9.90. The van der Waals surface area contributed by atoms with Crippen molar-refractivity contribution in [2.75, 3.05) is 13.7 Å². The summed E-state index contributed by atoms with van der Waals surface area (Å²) in [5, 5.41) is 3.88. The third kappa shape index (κ3) is 7.27. The SMILES string of the molecule is COC(=O)[C@@H](CCCc1nc(CNC(=O)CCOc2ccccc2)nc2ccccc12)C(C)C. The Labute approximate surface area is 200 Å². The molecule has 0 aliphatic carbocycles. The van der Waals surface area contributed by atoms with Gasteiger partial charge in [0.1, 0.15) is 11.6 Å². The number of methoxy groups -OCH3 is 1. The molecule has 1 aromatic heterocycles. The van der Waals surface area contributed by atoms with Gasteiger partial charge in [-0.3, -0.25) is 9.59 Å². The summed E-state index contributed by atoms with van der Waals surface area (Å²) in [7, 11) is 1.43. The molecule has 3 aromatic rings. The van der Waals surface area contributed by atoms with Crippen molar-refractivity contribution >= 4 is 22.8 Å². The van der Waals surface area contributed by atoms with Crippen LogP contribution in [0.1, 0.15) is 44.6 Å². The first kappa shape index (κ1) is 25.1. The maximum atomic E-state index is 12.3. The van der Waals surface area contributed by atoms with Crippen LogP contribution >= 0.6 is 0 Å². The lowest BCUT2D eigenvalue weighted by Gasteiger charge is -2.18. The van der Waals surface area contributed by atoms with Gasteiger partial charge in [-0.2, -0.15) is 0 Å². The van der Waals surface area contributed by atoms with Crippen LogP contribution in [0, 0.1) is 11.8 Å². The normalized spacial score (nSPS) is 11.9. The summed E-state index contributed by atoms with van der Waals surface area (Å²) in [4.78, 5) is 33.7. The van der Waals surface area contributed by atoms with Gasteiger partial charge in [0.15, 0.2) is 0 Å². The van der Waals surface area contributed by atoms with E-state index in [1.54, 1.807) is 0 Å². The minimum Gasteiger partial charge on any atom is -0.493 e. The fourth-order valence-electron chi connectivity index (χ4n) is 3.87. The summed E-state index contributed by atoms with van der Waals surface area (Å²) in [5.74, 6) is 1.11. The third-order valence-electron chi connectivity index (χ3n) is 5.75. The number of carbonyl (C=O) groups is 2. The number of nitrogens with zero attached hydrogens (tertiary/aromatic N) is 2. The maximum Gasteiger partial charge on any atom is 0.308 e. The number of benzene rings is 2. The number of rotatable bonds is 12. The summed E-state index contributed by atoms with van der Waals surface area (Å²) < 4.78 is 10.5. The number of fused-ring (bicyclic) bond motifs is 1. The fourth-order valence-corrected chi connectivity index (χ4v) is 3.87. The highest BCUT2D eigenvalue weighted by atomic mass is 16.5. The van der Waals surface area contributed by atoms with Crippen LogP contribution < -0.4 is 10.1 Å². The predicted molar refractivity (Wildman–Crippen MR) is 131 cm³/mol. The quantitative estimate of drug-likeness (QED) is 0.398. The van der Waals surface area contributed by atoms with Crippen molar-refractivity contribution in [2.45, 2.75) is 46.1 Å². The third-order valence-corrected chi connectivity index (χ3v) is 5.75. The van der Waals surface area contributed by atoms with Crippen LogP contribution in [0.4, 0.5) is 0 Å². The Hall–Kier alpha value is -3.48. The van der Waals surface area contributed by atoms with Crippen LogP contribution in [0.15, 0.2) is 54.6 Å². The number of aryl methyl sites for hydroxylation is 1. The van der Waals surface area contributed by atoms with E-state index in [-0.39, 0.29) is 36.7 Å². The van der Waals surface area contributed by atoms with E-state index in [4.69, 9.17) is 14.5 Å². The summed E-state index contributed by atoms with van der Waals surface area (Å²) in [6, 6.07) is 17.3. The molecule has 1 amide bonds. The van der Waals surface area contributed by atoms with Crippen molar-refractivity contribution in [3.63, 3.8) is 0 Å². The van der Waals surface area contributed by atoms with Gasteiger partial charge < -0.3 is 14.8 Å². The summed E-state index contributed by atoms with van der Waals surface area (Å²) in [6.45, 7) is 4.62. The van der Waals surface area contributed by atoms with E-state index in [2.05, 4.69) is 10.3 Å². The highest BCUT2D eigenvalue weighted by molar-refractivity contribution is 5.81. The van der Waals surface area contributed by atoms with Gasteiger partial charge in [0.05, 0.1) is 43.8 Å². The van der Waals surface area contributed by atoms with Crippen LogP contribution in [0.25, 0.3) is 10.9 Å². The molecule has 0 saturated heterocycles. The molecule has 34 heavy (non-hydrogen) atoms. The zero-order valence-electron chi connectivity index (χ0n) is 20.1. The number of hydrogen-bond acceptors (Lipinski definition) is 6. The van der Waals surface area contributed by atoms with Gasteiger partial charge in [0, 0.05) is 5.39 Å². The van der Waals surface area contributed by atoms with Crippen LogP contribution in [-0.4, -0.2) is 35.6 Å². The highest BCUT2D eigenvalue weighted by Gasteiger charge is 2.22. The number of carbonyl (C=O) groups excluding carboxylic acids is 2. The van der Waals surface area contributed by atoms with Gasteiger partial charge in [0.2, 0.25) is 5.91 Å². The van der Waals surface area contributed by atoms with Crippen molar-refractivity contribution in [3.8, 4) is 5.75 Å². The molecule has 7 heteroatoms. The van der Waals surface area contributed by atoms with Crippen LogP contribution in [0.5, 0.6) is 5.75 Å². The molecule has 0 bridgehead atoms. The van der Waals surface area contributed by atoms with E-state index < -0.39 is 0 Å². The van der Waals surface area contributed by atoms with E-state index in [9.17, 15) is 9.59 Å². The van der Waals surface area contributed by atoms with Crippen LogP contribution in [-0.2, 0) is 27.3 Å². The average Bonchev–Trinajstić information content (AvgIpc) is 2.85. The second-order valence-electron chi connectivity index (χ2n) is 8.56. The zero-order valence-corrected chi connectivity index (χ0v) is 20.1. The van der Waals surface area contributed by atoms with Crippen molar-refractivity contribution in [1.82, 2.24) is 15.3 Å². The Morgan fingerprint density at radius 3 is 2.47 bits per heavy atom. The smallest absolute Gasteiger partial charge is 0.308 e. The van der Waals surface area contributed by atoms with E-state index in [1.165, 1.54) is 7.11 Å². The topological polar surface area (TPSA) is 90.4 Å². The van der Waals surface area contributed by atoms with Gasteiger partial charge in [-0.1, -0.05) is 50.2 Å². The predicted octanol–water partition coefficient (Wildman–Crippen LogP) is 4.48.